The summed E-state index contributed by atoms with van der Waals surface area (Å²) in [5.41, 5.74) is 5.63. The van der Waals surface area contributed by atoms with Crippen molar-refractivity contribution in [3.05, 3.63) is 0 Å². The highest BCUT2D eigenvalue weighted by Gasteiger charge is 2.23. The van der Waals surface area contributed by atoms with Crippen molar-refractivity contribution in [3.8, 4) is 0 Å². The van der Waals surface area contributed by atoms with E-state index < -0.39 is 0 Å². The first-order chi connectivity index (χ1) is 7.63. The fraction of sp³-hybridized carbons (Fsp3) is 0.909. The molecule has 1 amide bonds. The lowest BCUT2D eigenvalue weighted by atomic mass is 10.1. The van der Waals surface area contributed by atoms with Crippen LogP contribution in [0.4, 0.5) is 0 Å². The average Bonchev–Trinajstić information content (AvgIpc) is 2.26. The van der Waals surface area contributed by atoms with Crippen molar-refractivity contribution in [1.82, 2.24) is 4.90 Å². The van der Waals surface area contributed by atoms with Crippen molar-refractivity contribution in [2.75, 3.05) is 33.4 Å². The number of carbonyl (C=O) groups excluding carboxylic acids is 1. The molecule has 0 bridgehead atoms. The Morgan fingerprint density at radius 2 is 2.44 bits per heavy atom. The minimum atomic E-state index is 0.0120. The van der Waals surface area contributed by atoms with Crippen LogP contribution in [0.2, 0.25) is 0 Å². The van der Waals surface area contributed by atoms with Gasteiger partial charge in [-0.05, 0) is 13.3 Å². The van der Waals surface area contributed by atoms with E-state index in [1.807, 2.05) is 11.8 Å². The number of rotatable bonds is 5. The summed E-state index contributed by atoms with van der Waals surface area (Å²) < 4.78 is 10.5. The Labute approximate surface area is 96.9 Å². The molecule has 1 saturated heterocycles. The van der Waals surface area contributed by atoms with Gasteiger partial charge in [0.15, 0.2) is 0 Å². The number of carbonyl (C=O) groups is 1. The molecule has 2 unspecified atom stereocenters. The second-order valence-electron chi connectivity index (χ2n) is 4.30. The number of methoxy groups -OCH3 is 1. The Balaban J connectivity index is 2.32. The normalized spacial score (nSPS) is 23.2. The van der Waals surface area contributed by atoms with Gasteiger partial charge in [-0.15, -0.1) is 0 Å². The highest BCUT2D eigenvalue weighted by molar-refractivity contribution is 5.76. The molecule has 2 atom stereocenters. The number of amides is 1. The molecule has 1 fully saturated rings. The van der Waals surface area contributed by atoms with Crippen LogP contribution in [-0.2, 0) is 14.3 Å². The van der Waals surface area contributed by atoms with Crippen molar-refractivity contribution in [1.29, 1.82) is 0 Å². The van der Waals surface area contributed by atoms with Crippen LogP contribution in [0.25, 0.3) is 0 Å². The maximum absolute atomic E-state index is 11.8. The Morgan fingerprint density at radius 3 is 3.06 bits per heavy atom. The molecule has 0 aromatic heterocycles. The van der Waals surface area contributed by atoms with Crippen LogP contribution >= 0.6 is 0 Å². The molecule has 0 spiro atoms. The van der Waals surface area contributed by atoms with Gasteiger partial charge in [0.1, 0.15) is 0 Å². The summed E-state index contributed by atoms with van der Waals surface area (Å²) in [4.78, 5) is 13.7. The smallest absolute Gasteiger partial charge is 0.222 e. The lowest BCUT2D eigenvalue weighted by molar-refractivity contribution is -0.140. The van der Waals surface area contributed by atoms with E-state index in [0.29, 0.717) is 32.7 Å². The van der Waals surface area contributed by atoms with E-state index in [1.54, 1.807) is 7.11 Å². The highest BCUT2D eigenvalue weighted by atomic mass is 16.5. The summed E-state index contributed by atoms with van der Waals surface area (Å²) in [7, 11) is 1.64. The van der Waals surface area contributed by atoms with Crippen molar-refractivity contribution in [3.63, 3.8) is 0 Å². The van der Waals surface area contributed by atoms with Crippen molar-refractivity contribution in [2.24, 2.45) is 5.73 Å². The zero-order valence-corrected chi connectivity index (χ0v) is 10.1. The van der Waals surface area contributed by atoms with Crippen molar-refractivity contribution < 1.29 is 14.3 Å². The largest absolute Gasteiger partial charge is 0.382 e. The molecule has 1 heterocycles. The molecule has 0 saturated carbocycles. The zero-order chi connectivity index (χ0) is 12.0. The van der Waals surface area contributed by atoms with Gasteiger partial charge in [0.2, 0.25) is 5.91 Å². The third-order valence-corrected chi connectivity index (χ3v) is 2.66. The van der Waals surface area contributed by atoms with Crippen LogP contribution in [0.3, 0.4) is 0 Å². The highest BCUT2D eigenvalue weighted by Crippen LogP contribution is 2.08. The second-order valence-corrected chi connectivity index (χ2v) is 4.30. The lowest BCUT2D eigenvalue weighted by Crippen LogP contribution is -2.47. The molecule has 5 heteroatoms. The van der Waals surface area contributed by atoms with Crippen molar-refractivity contribution in [2.45, 2.75) is 31.9 Å². The molecule has 1 aliphatic rings. The van der Waals surface area contributed by atoms with Crippen LogP contribution < -0.4 is 5.73 Å². The van der Waals surface area contributed by atoms with Crippen LogP contribution in [0.5, 0.6) is 0 Å². The van der Waals surface area contributed by atoms with E-state index >= 15 is 0 Å². The number of nitrogens with two attached hydrogens (primary N) is 1. The van der Waals surface area contributed by atoms with Gasteiger partial charge in [0.25, 0.3) is 0 Å². The minimum absolute atomic E-state index is 0.0120. The number of morpholine rings is 1. The number of hydrogen-bond donors (Lipinski definition) is 1. The predicted octanol–water partition coefficient (Wildman–Crippen LogP) is -0.0124. The Hall–Kier alpha value is -0.650. The molecule has 2 N–H and O–H groups in total. The van der Waals surface area contributed by atoms with Crippen LogP contribution in [0, 0.1) is 0 Å². The van der Waals surface area contributed by atoms with Gasteiger partial charge in [-0.2, -0.15) is 0 Å². The predicted molar refractivity (Wildman–Crippen MR) is 61.1 cm³/mol. The third-order valence-electron chi connectivity index (χ3n) is 2.66. The zero-order valence-electron chi connectivity index (χ0n) is 10.1. The summed E-state index contributed by atoms with van der Waals surface area (Å²) in [6.07, 6.45) is 1.28. The lowest BCUT2D eigenvalue weighted by Gasteiger charge is -2.32. The van der Waals surface area contributed by atoms with Gasteiger partial charge in [-0.1, -0.05) is 0 Å². The Morgan fingerprint density at radius 1 is 1.69 bits per heavy atom. The molecule has 94 valence electrons. The van der Waals surface area contributed by atoms with Crippen molar-refractivity contribution >= 4 is 5.91 Å². The summed E-state index contributed by atoms with van der Waals surface area (Å²) >= 11 is 0. The fourth-order valence-corrected chi connectivity index (χ4v) is 1.74. The Bertz CT molecular complexity index is 219. The van der Waals surface area contributed by atoms with E-state index in [2.05, 4.69) is 0 Å². The van der Waals surface area contributed by atoms with Crippen LogP contribution in [0.1, 0.15) is 19.8 Å². The molecule has 0 aromatic carbocycles. The molecule has 1 rings (SSSR count). The Kier molecular flexibility index (Phi) is 5.73. The number of nitrogens with zero attached hydrogens (tertiary/aromatic N) is 1. The summed E-state index contributed by atoms with van der Waals surface area (Å²) in [5.74, 6) is 0.168. The van der Waals surface area contributed by atoms with Gasteiger partial charge in [-0.3, -0.25) is 4.79 Å². The van der Waals surface area contributed by atoms with E-state index in [0.717, 1.165) is 6.42 Å². The fourth-order valence-electron chi connectivity index (χ4n) is 1.74. The van der Waals surface area contributed by atoms with Gasteiger partial charge in [0, 0.05) is 32.7 Å². The first kappa shape index (κ1) is 13.4. The monoisotopic (exact) mass is 230 g/mol. The quantitative estimate of drug-likeness (QED) is 0.721. The third kappa shape index (κ3) is 4.47. The van der Waals surface area contributed by atoms with Crippen LogP contribution in [0.15, 0.2) is 0 Å². The summed E-state index contributed by atoms with van der Waals surface area (Å²) in [6.45, 7) is 4.36. The van der Waals surface area contributed by atoms with E-state index in [9.17, 15) is 4.79 Å². The van der Waals surface area contributed by atoms with Gasteiger partial charge in [0.05, 0.1) is 19.3 Å². The number of hydrogen-bond acceptors (Lipinski definition) is 4. The SMILES string of the molecule is COCC1CN(C(=O)CCC(C)N)CCO1. The second kappa shape index (κ2) is 6.83. The van der Waals surface area contributed by atoms with E-state index in [1.165, 1.54) is 0 Å². The minimum Gasteiger partial charge on any atom is -0.382 e. The van der Waals surface area contributed by atoms with E-state index in [4.69, 9.17) is 15.2 Å². The summed E-state index contributed by atoms with van der Waals surface area (Å²) in [6, 6.07) is 0.0831. The van der Waals surface area contributed by atoms with Gasteiger partial charge in [-0.25, -0.2) is 0 Å². The molecule has 5 nitrogen and oxygen atoms in total. The number of ether oxygens (including phenoxy) is 2. The maximum atomic E-state index is 11.8. The molecular formula is C11H22N2O3. The van der Waals surface area contributed by atoms with E-state index in [-0.39, 0.29) is 18.1 Å². The average molecular weight is 230 g/mol. The maximum Gasteiger partial charge on any atom is 0.222 e. The molecule has 0 aliphatic carbocycles. The molecular weight excluding hydrogens is 208 g/mol. The van der Waals surface area contributed by atoms with Gasteiger partial charge >= 0.3 is 0 Å². The van der Waals surface area contributed by atoms with Crippen LogP contribution in [-0.4, -0.2) is 56.4 Å². The first-order valence-electron chi connectivity index (χ1n) is 5.77. The molecule has 0 radical (unpaired) electrons. The standard InChI is InChI=1S/C11H22N2O3/c1-9(12)3-4-11(14)13-5-6-16-10(7-13)8-15-2/h9-10H,3-8,12H2,1-2H3. The topological polar surface area (TPSA) is 64.8 Å². The first-order valence-corrected chi connectivity index (χ1v) is 5.77. The molecule has 1 aliphatic heterocycles. The summed E-state index contributed by atoms with van der Waals surface area (Å²) in [5, 5.41) is 0. The van der Waals surface area contributed by atoms with Gasteiger partial charge < -0.3 is 20.1 Å². The molecule has 16 heavy (non-hydrogen) atoms. The molecule has 0 aromatic rings.